The molecule has 3 heterocycles. The van der Waals surface area contributed by atoms with E-state index in [1.807, 2.05) is 0 Å². The number of fused-ring (bicyclic) bond motifs is 1. The number of nitrogens with one attached hydrogen (secondary N) is 4. The van der Waals surface area contributed by atoms with Gasteiger partial charge in [0.25, 0.3) is 0 Å². The van der Waals surface area contributed by atoms with Gasteiger partial charge in [-0.3, -0.25) is 19.7 Å². The lowest BCUT2D eigenvalue weighted by molar-refractivity contribution is -0.388. The lowest BCUT2D eigenvalue weighted by Crippen LogP contribution is -2.64. The molecule has 202 valence electrons. The number of halogens is 1. The molecular formula is C25H29FN6O5S. The number of hydrogen-bond acceptors (Lipinski definition) is 8. The van der Waals surface area contributed by atoms with Gasteiger partial charge in [0.05, 0.1) is 17.3 Å². The number of nitro groups is 1. The topological polar surface area (TPSA) is 151 Å². The van der Waals surface area contributed by atoms with Crippen LogP contribution in [0.25, 0.3) is 10.9 Å². The zero-order valence-electron chi connectivity index (χ0n) is 21.0. The molecule has 2 amide bonds. The van der Waals surface area contributed by atoms with Crippen LogP contribution in [0.15, 0.2) is 41.6 Å². The van der Waals surface area contributed by atoms with Gasteiger partial charge in [0, 0.05) is 35.8 Å². The molecule has 4 N–H and O–H groups in total. The molecule has 0 bridgehead atoms. The maximum atomic E-state index is 13.7. The third-order valence-corrected chi connectivity index (χ3v) is 7.63. The first-order valence-corrected chi connectivity index (χ1v) is 13.0. The first kappa shape index (κ1) is 27.3. The van der Waals surface area contributed by atoms with Gasteiger partial charge in [-0.25, -0.2) is 4.39 Å². The largest absolute Gasteiger partial charge is 0.481 e. The van der Waals surface area contributed by atoms with Crippen molar-refractivity contribution >= 4 is 40.2 Å². The molecular weight excluding hydrogens is 515 g/mol. The number of aromatic nitrogens is 2. The summed E-state index contributed by atoms with van der Waals surface area (Å²) in [7, 11) is 1.40. The van der Waals surface area contributed by atoms with Crippen molar-refractivity contribution in [3.8, 4) is 5.88 Å². The fourth-order valence-electron chi connectivity index (χ4n) is 4.41. The number of piperidine rings is 1. The van der Waals surface area contributed by atoms with E-state index in [0.717, 1.165) is 28.2 Å². The molecule has 1 saturated heterocycles. The minimum atomic E-state index is -1.13. The Hall–Kier alpha value is -3.71. The molecule has 1 aliphatic heterocycles. The number of amides is 2. The molecule has 0 spiro atoms. The number of ether oxygens (including phenoxy) is 1. The molecule has 4 rings (SSSR count). The van der Waals surface area contributed by atoms with E-state index in [9.17, 15) is 24.1 Å². The van der Waals surface area contributed by atoms with E-state index in [-0.39, 0.29) is 28.3 Å². The van der Waals surface area contributed by atoms with Gasteiger partial charge in [0.15, 0.2) is 5.03 Å². The summed E-state index contributed by atoms with van der Waals surface area (Å²) in [6.07, 6.45) is 3.05. The minimum Gasteiger partial charge on any atom is -0.481 e. The quantitative estimate of drug-likeness (QED) is 0.173. The fourth-order valence-corrected chi connectivity index (χ4v) is 5.32. The second-order valence-corrected chi connectivity index (χ2v) is 10.4. The number of pyridine rings is 1. The molecule has 11 nitrogen and oxygen atoms in total. The lowest BCUT2D eigenvalue weighted by atomic mass is 9.87. The van der Waals surface area contributed by atoms with Crippen LogP contribution in [-0.4, -0.2) is 64.2 Å². The van der Waals surface area contributed by atoms with Crippen molar-refractivity contribution in [2.45, 2.75) is 42.0 Å². The lowest BCUT2D eigenvalue weighted by Gasteiger charge is -2.37. The fraction of sp³-hybridized carbons (Fsp3) is 0.400. The third-order valence-electron chi connectivity index (χ3n) is 6.54. The van der Waals surface area contributed by atoms with Crippen molar-refractivity contribution in [3.63, 3.8) is 0 Å². The van der Waals surface area contributed by atoms with Gasteiger partial charge in [-0.1, -0.05) is 11.8 Å². The van der Waals surface area contributed by atoms with Gasteiger partial charge in [-0.15, -0.1) is 0 Å². The van der Waals surface area contributed by atoms with E-state index in [1.54, 1.807) is 19.2 Å². The molecule has 1 atom stereocenters. The van der Waals surface area contributed by atoms with Gasteiger partial charge >= 0.3 is 5.69 Å². The number of aromatic amines is 1. The Morgan fingerprint density at radius 1 is 1.29 bits per heavy atom. The van der Waals surface area contributed by atoms with E-state index in [2.05, 4.69) is 25.9 Å². The number of benzene rings is 1. The first-order valence-electron chi connectivity index (χ1n) is 12.1. The van der Waals surface area contributed by atoms with E-state index in [0.29, 0.717) is 38.9 Å². The summed E-state index contributed by atoms with van der Waals surface area (Å²) in [4.78, 5) is 44.7. The summed E-state index contributed by atoms with van der Waals surface area (Å²) in [5.41, 5.74) is 0.326. The molecule has 1 unspecified atom stereocenters. The molecule has 1 fully saturated rings. The maximum Gasteiger partial charge on any atom is 0.301 e. The van der Waals surface area contributed by atoms with Crippen LogP contribution in [0.1, 0.15) is 25.3 Å². The monoisotopic (exact) mass is 544 g/mol. The van der Waals surface area contributed by atoms with Crippen LogP contribution in [0.3, 0.4) is 0 Å². The van der Waals surface area contributed by atoms with Crippen LogP contribution >= 0.6 is 11.8 Å². The van der Waals surface area contributed by atoms with Crippen molar-refractivity contribution in [2.75, 3.05) is 26.7 Å². The SMILES string of the molecule is COc1ccc([N+](=O)[O-])c(SC(C)C(=O)NC2(C(=O)NCCc3c[nH]c4ccc(F)cc34)CCNCC2)n1. The van der Waals surface area contributed by atoms with Gasteiger partial charge in [-0.05, 0) is 63.0 Å². The summed E-state index contributed by atoms with van der Waals surface area (Å²) in [5.74, 6) is -0.878. The highest BCUT2D eigenvalue weighted by molar-refractivity contribution is 8.00. The first-order chi connectivity index (χ1) is 18.2. The molecule has 3 aromatic rings. The second-order valence-electron chi connectivity index (χ2n) is 9.03. The Morgan fingerprint density at radius 3 is 2.76 bits per heavy atom. The van der Waals surface area contributed by atoms with Crippen molar-refractivity contribution < 1.29 is 23.6 Å². The van der Waals surface area contributed by atoms with Crippen molar-refractivity contribution in [2.24, 2.45) is 0 Å². The average Bonchev–Trinajstić information content (AvgIpc) is 3.30. The van der Waals surface area contributed by atoms with Crippen molar-refractivity contribution in [1.82, 2.24) is 25.9 Å². The van der Waals surface area contributed by atoms with Crippen LogP contribution < -0.4 is 20.7 Å². The average molecular weight is 545 g/mol. The number of H-pyrrole nitrogens is 1. The van der Waals surface area contributed by atoms with E-state index >= 15 is 0 Å². The van der Waals surface area contributed by atoms with Gasteiger partial charge in [0.1, 0.15) is 11.4 Å². The zero-order chi connectivity index (χ0) is 27.3. The maximum absolute atomic E-state index is 13.7. The molecule has 1 aromatic carbocycles. The Labute approximate surface area is 222 Å². The Kier molecular flexibility index (Phi) is 8.47. The van der Waals surface area contributed by atoms with Crippen LogP contribution in [0, 0.1) is 15.9 Å². The van der Waals surface area contributed by atoms with E-state index in [4.69, 9.17) is 4.74 Å². The molecule has 38 heavy (non-hydrogen) atoms. The Morgan fingerprint density at radius 2 is 2.05 bits per heavy atom. The van der Waals surface area contributed by atoms with Crippen LogP contribution in [0.5, 0.6) is 5.88 Å². The summed E-state index contributed by atoms with van der Waals surface area (Å²) in [6.45, 7) is 2.99. The van der Waals surface area contributed by atoms with Crippen LogP contribution in [-0.2, 0) is 16.0 Å². The minimum absolute atomic E-state index is 0.0518. The highest BCUT2D eigenvalue weighted by Crippen LogP contribution is 2.33. The molecule has 0 aliphatic carbocycles. The Bertz CT molecular complexity index is 1340. The van der Waals surface area contributed by atoms with Gasteiger partial charge in [0.2, 0.25) is 17.7 Å². The normalized spacial score (nSPS) is 15.6. The molecule has 0 radical (unpaired) electrons. The summed E-state index contributed by atoms with van der Waals surface area (Å²) in [5, 5.41) is 20.5. The Balaban J connectivity index is 1.42. The number of carbonyl (C=O) groups excluding carboxylic acids is 2. The van der Waals surface area contributed by atoms with E-state index < -0.39 is 21.6 Å². The highest BCUT2D eigenvalue weighted by atomic mass is 32.2. The smallest absolute Gasteiger partial charge is 0.301 e. The number of thioether (sulfide) groups is 1. The highest BCUT2D eigenvalue weighted by Gasteiger charge is 2.41. The standard InChI is InChI=1S/C25H29FN6O5S/c1-15(38-23-20(32(35)36)5-6-21(30-23)37-2)22(33)31-25(8-11-27-12-9-25)24(34)28-10-7-16-14-29-19-4-3-17(26)13-18(16)19/h3-6,13-15,27,29H,7-12H2,1-2H3,(H,28,34)(H,31,33). The zero-order valence-corrected chi connectivity index (χ0v) is 21.8. The number of rotatable bonds is 10. The van der Waals surface area contributed by atoms with E-state index in [1.165, 1.54) is 31.4 Å². The number of carbonyl (C=O) groups is 2. The molecule has 13 heteroatoms. The van der Waals surface area contributed by atoms with Crippen LogP contribution in [0.2, 0.25) is 0 Å². The summed E-state index contributed by atoms with van der Waals surface area (Å²) in [6, 6.07) is 7.17. The number of nitrogens with zero attached hydrogens (tertiary/aromatic N) is 2. The van der Waals surface area contributed by atoms with Crippen LogP contribution in [0.4, 0.5) is 10.1 Å². The summed E-state index contributed by atoms with van der Waals surface area (Å²) < 4.78 is 18.8. The molecule has 0 saturated carbocycles. The second kappa shape index (κ2) is 11.8. The predicted molar refractivity (Wildman–Crippen MR) is 141 cm³/mol. The predicted octanol–water partition coefficient (Wildman–Crippen LogP) is 2.70. The van der Waals surface area contributed by atoms with Gasteiger partial charge < -0.3 is 25.7 Å². The van der Waals surface area contributed by atoms with Gasteiger partial charge in [-0.2, -0.15) is 4.98 Å². The number of methoxy groups -OCH3 is 1. The molecule has 1 aliphatic rings. The molecule has 2 aromatic heterocycles. The van der Waals surface area contributed by atoms with Crippen molar-refractivity contribution in [3.05, 3.63) is 58.0 Å². The summed E-state index contributed by atoms with van der Waals surface area (Å²) >= 11 is 0.927. The van der Waals surface area contributed by atoms with Crippen molar-refractivity contribution in [1.29, 1.82) is 0 Å². The number of hydrogen-bond donors (Lipinski definition) is 4. The third kappa shape index (κ3) is 6.05.